The summed E-state index contributed by atoms with van der Waals surface area (Å²) in [6.45, 7) is 8.76. The van der Waals surface area contributed by atoms with Crippen LogP contribution in [0.25, 0.3) is 0 Å². The Balaban J connectivity index is 2.36. The zero-order chi connectivity index (χ0) is 18.8. The first kappa shape index (κ1) is 19.7. The zero-order valence-corrected chi connectivity index (χ0v) is 16.4. The monoisotopic (exact) mass is 368 g/mol. The summed E-state index contributed by atoms with van der Waals surface area (Å²) in [6, 6.07) is 4.45. The van der Waals surface area contributed by atoms with Gasteiger partial charge in [0, 0.05) is 18.6 Å². The summed E-state index contributed by atoms with van der Waals surface area (Å²) < 4.78 is 32.6. The molecule has 0 unspecified atom stereocenters. The minimum absolute atomic E-state index is 0.127. The van der Waals surface area contributed by atoms with Gasteiger partial charge in [-0.15, -0.1) is 0 Å². The molecule has 1 saturated heterocycles. The summed E-state index contributed by atoms with van der Waals surface area (Å²) in [4.78, 5) is 12.7. The van der Waals surface area contributed by atoms with Gasteiger partial charge in [-0.1, -0.05) is 6.92 Å². The van der Waals surface area contributed by atoms with Crippen molar-refractivity contribution in [2.45, 2.75) is 51.0 Å². The molecule has 1 aromatic carbocycles. The first-order valence-electron chi connectivity index (χ1n) is 8.55. The smallest absolute Gasteiger partial charge is 0.255 e. The third kappa shape index (κ3) is 4.73. The van der Waals surface area contributed by atoms with Gasteiger partial charge in [0.15, 0.2) is 0 Å². The second-order valence-corrected chi connectivity index (χ2v) is 9.59. The van der Waals surface area contributed by atoms with E-state index in [1.54, 1.807) is 0 Å². The number of carbonyl (C=O) groups is 1. The standard InChI is InChI=1S/C18H28N2O4S/c1-13-8-10-20(11-9-13)25(22,23)14-6-7-16(24-5)15(12-14)17(21)19-18(2,3)4/h6-7,12-13H,8-11H2,1-5H3,(H,19,21). The summed E-state index contributed by atoms with van der Waals surface area (Å²) in [7, 11) is -2.15. The summed E-state index contributed by atoms with van der Waals surface area (Å²) in [6.07, 6.45) is 1.71. The van der Waals surface area contributed by atoms with Crippen LogP contribution in [0.3, 0.4) is 0 Å². The molecule has 6 nitrogen and oxygen atoms in total. The van der Waals surface area contributed by atoms with Crippen molar-refractivity contribution in [3.63, 3.8) is 0 Å². The summed E-state index contributed by atoms with van der Waals surface area (Å²) in [5.41, 5.74) is -0.205. The molecule has 7 heteroatoms. The quantitative estimate of drug-likeness (QED) is 0.886. The van der Waals surface area contributed by atoms with E-state index in [1.165, 1.54) is 29.6 Å². The van der Waals surface area contributed by atoms with Crippen LogP contribution in [0.5, 0.6) is 5.75 Å². The number of benzene rings is 1. The first-order valence-corrected chi connectivity index (χ1v) is 9.99. The van der Waals surface area contributed by atoms with E-state index < -0.39 is 15.6 Å². The van der Waals surface area contributed by atoms with Crippen molar-refractivity contribution in [2.75, 3.05) is 20.2 Å². The van der Waals surface area contributed by atoms with Crippen LogP contribution in [0.15, 0.2) is 23.1 Å². The molecule has 0 atom stereocenters. The van der Waals surface area contributed by atoms with Crippen molar-refractivity contribution in [1.82, 2.24) is 9.62 Å². The lowest BCUT2D eigenvalue weighted by Gasteiger charge is -2.29. The molecule has 0 bridgehead atoms. The van der Waals surface area contributed by atoms with Crippen LogP contribution >= 0.6 is 0 Å². The summed E-state index contributed by atoms with van der Waals surface area (Å²) >= 11 is 0. The van der Waals surface area contributed by atoms with Crippen molar-refractivity contribution in [1.29, 1.82) is 0 Å². The van der Waals surface area contributed by atoms with Crippen molar-refractivity contribution in [2.24, 2.45) is 5.92 Å². The molecule has 1 fully saturated rings. The Bertz CT molecular complexity index is 730. The number of carbonyl (C=O) groups excluding carboxylic acids is 1. The summed E-state index contributed by atoms with van der Waals surface area (Å²) in [5.74, 6) is 0.539. The molecule has 1 heterocycles. The molecule has 1 aliphatic rings. The number of ether oxygens (including phenoxy) is 1. The third-order valence-corrected chi connectivity index (χ3v) is 6.18. The van der Waals surface area contributed by atoms with Crippen molar-refractivity contribution in [3.8, 4) is 5.75 Å². The zero-order valence-electron chi connectivity index (χ0n) is 15.6. The Kier molecular flexibility index (Phi) is 5.79. The molecule has 25 heavy (non-hydrogen) atoms. The number of methoxy groups -OCH3 is 1. The minimum atomic E-state index is -3.61. The van der Waals surface area contributed by atoms with Gasteiger partial charge in [0.05, 0.1) is 17.6 Å². The number of hydrogen-bond donors (Lipinski definition) is 1. The largest absolute Gasteiger partial charge is 0.496 e. The lowest BCUT2D eigenvalue weighted by atomic mass is 10.0. The molecule has 0 radical (unpaired) electrons. The molecule has 0 aromatic heterocycles. The lowest BCUT2D eigenvalue weighted by molar-refractivity contribution is 0.0916. The fourth-order valence-electron chi connectivity index (χ4n) is 2.81. The summed E-state index contributed by atoms with van der Waals surface area (Å²) in [5, 5.41) is 2.85. The van der Waals surface area contributed by atoms with Crippen LogP contribution in [0.2, 0.25) is 0 Å². The Morgan fingerprint density at radius 2 is 1.84 bits per heavy atom. The SMILES string of the molecule is COc1ccc(S(=O)(=O)N2CCC(C)CC2)cc1C(=O)NC(C)(C)C. The van der Waals surface area contributed by atoms with E-state index in [1.807, 2.05) is 20.8 Å². The normalized spacial score (nSPS) is 17.3. The van der Waals surface area contributed by atoms with E-state index in [0.29, 0.717) is 24.8 Å². The van der Waals surface area contributed by atoms with Crippen LogP contribution < -0.4 is 10.1 Å². The fourth-order valence-corrected chi connectivity index (χ4v) is 4.30. The Labute approximate surface area is 150 Å². The number of piperidine rings is 1. The van der Waals surface area contributed by atoms with E-state index in [2.05, 4.69) is 12.2 Å². The second-order valence-electron chi connectivity index (χ2n) is 7.65. The van der Waals surface area contributed by atoms with Gasteiger partial charge in [-0.25, -0.2) is 8.42 Å². The lowest BCUT2D eigenvalue weighted by Crippen LogP contribution is -2.41. The van der Waals surface area contributed by atoms with Crippen molar-refractivity contribution >= 4 is 15.9 Å². The van der Waals surface area contributed by atoms with Gasteiger partial charge in [0.25, 0.3) is 5.91 Å². The maximum Gasteiger partial charge on any atom is 0.255 e. The van der Waals surface area contributed by atoms with Crippen LogP contribution in [-0.2, 0) is 10.0 Å². The number of sulfonamides is 1. The average molecular weight is 368 g/mol. The van der Waals surface area contributed by atoms with E-state index in [4.69, 9.17) is 4.74 Å². The second kappa shape index (κ2) is 7.33. The number of amides is 1. The Morgan fingerprint density at radius 3 is 2.36 bits per heavy atom. The highest BCUT2D eigenvalue weighted by Gasteiger charge is 2.29. The van der Waals surface area contributed by atoms with E-state index in [0.717, 1.165) is 12.8 Å². The van der Waals surface area contributed by atoms with Gasteiger partial charge in [0.1, 0.15) is 5.75 Å². The molecule has 1 aromatic rings. The van der Waals surface area contributed by atoms with Gasteiger partial charge in [-0.3, -0.25) is 4.79 Å². The predicted molar refractivity (Wildman–Crippen MR) is 97.4 cm³/mol. The number of nitrogens with one attached hydrogen (secondary N) is 1. The maximum atomic E-state index is 12.9. The van der Waals surface area contributed by atoms with Gasteiger partial charge in [-0.2, -0.15) is 4.31 Å². The van der Waals surface area contributed by atoms with Crippen molar-refractivity contribution in [3.05, 3.63) is 23.8 Å². The third-order valence-electron chi connectivity index (χ3n) is 4.28. The van der Waals surface area contributed by atoms with Crippen LogP contribution in [0, 0.1) is 5.92 Å². The molecular weight excluding hydrogens is 340 g/mol. The van der Waals surface area contributed by atoms with Crippen LogP contribution in [0.1, 0.15) is 50.9 Å². The molecule has 1 N–H and O–H groups in total. The minimum Gasteiger partial charge on any atom is -0.496 e. The highest BCUT2D eigenvalue weighted by Crippen LogP contribution is 2.27. The average Bonchev–Trinajstić information content (AvgIpc) is 2.53. The van der Waals surface area contributed by atoms with Crippen molar-refractivity contribution < 1.29 is 17.9 Å². The molecule has 0 saturated carbocycles. The van der Waals surface area contributed by atoms with Gasteiger partial charge < -0.3 is 10.1 Å². The highest BCUT2D eigenvalue weighted by atomic mass is 32.2. The highest BCUT2D eigenvalue weighted by molar-refractivity contribution is 7.89. The molecule has 1 amide bonds. The molecule has 1 aliphatic heterocycles. The number of nitrogens with zero attached hydrogens (tertiary/aromatic N) is 1. The van der Waals surface area contributed by atoms with E-state index in [9.17, 15) is 13.2 Å². The number of rotatable bonds is 4. The Hall–Kier alpha value is -1.60. The molecule has 0 spiro atoms. The molecule has 2 rings (SSSR count). The molecule has 0 aliphatic carbocycles. The van der Waals surface area contributed by atoms with Crippen LogP contribution in [-0.4, -0.2) is 44.4 Å². The van der Waals surface area contributed by atoms with Gasteiger partial charge in [-0.05, 0) is 57.7 Å². The number of hydrogen-bond acceptors (Lipinski definition) is 4. The van der Waals surface area contributed by atoms with E-state index in [-0.39, 0.29) is 16.4 Å². The van der Waals surface area contributed by atoms with Gasteiger partial charge >= 0.3 is 0 Å². The molecule has 140 valence electrons. The topological polar surface area (TPSA) is 75.7 Å². The fraction of sp³-hybridized carbons (Fsp3) is 0.611. The van der Waals surface area contributed by atoms with Gasteiger partial charge in [0.2, 0.25) is 10.0 Å². The van der Waals surface area contributed by atoms with E-state index >= 15 is 0 Å². The van der Waals surface area contributed by atoms with Crippen LogP contribution in [0.4, 0.5) is 0 Å². The predicted octanol–water partition coefficient (Wildman–Crippen LogP) is 2.64. The molecular formula is C18H28N2O4S. The Morgan fingerprint density at radius 1 is 1.24 bits per heavy atom. The maximum absolute atomic E-state index is 12.9. The first-order chi connectivity index (χ1) is 11.5.